The van der Waals surface area contributed by atoms with Gasteiger partial charge in [0.2, 0.25) is 5.88 Å². The van der Waals surface area contributed by atoms with Crippen LogP contribution in [0.5, 0.6) is 17.4 Å². The minimum atomic E-state index is -2.88. The van der Waals surface area contributed by atoms with Crippen LogP contribution in [0.4, 0.5) is 13.2 Å². The van der Waals surface area contributed by atoms with E-state index in [2.05, 4.69) is 18.1 Å². The molecule has 0 radical (unpaired) electrons. The number of rotatable bonds is 9. The third kappa shape index (κ3) is 9.91. The van der Waals surface area contributed by atoms with Gasteiger partial charge in [-0.2, -0.15) is 0 Å². The van der Waals surface area contributed by atoms with Gasteiger partial charge in [-0.3, -0.25) is 0 Å². The van der Waals surface area contributed by atoms with Crippen molar-refractivity contribution >= 4 is 28.9 Å². The molecule has 0 bridgehead atoms. The van der Waals surface area contributed by atoms with Crippen molar-refractivity contribution in [3.63, 3.8) is 0 Å². The highest BCUT2D eigenvalue weighted by Crippen LogP contribution is 2.34. The summed E-state index contributed by atoms with van der Waals surface area (Å²) in [6, 6.07) is 8.09. The minimum absolute atomic E-state index is 0.0744. The van der Waals surface area contributed by atoms with Crippen molar-refractivity contribution in [3.05, 3.63) is 83.1 Å². The Morgan fingerprint density at radius 3 is 2.31 bits per heavy atom. The van der Waals surface area contributed by atoms with Gasteiger partial charge in [-0.05, 0) is 57.3 Å². The smallest absolute Gasteiger partial charge is 0.285 e. The summed E-state index contributed by atoms with van der Waals surface area (Å²) < 4.78 is 55.7. The standard InChI is InChI=1S/C15H13ClFNO3S.C11H17F2N/c1-9-11(17)7-10(16)15(18-9)21-13-6-4-3-5-12(13)20-8-14(22)19-2;1-8(2)7-10(11(5,12)13)14(6)9(3)4/h3-7H,8H2,1-2H3;7H,1,3H2,2,4-6H3/b;10-7-. The first kappa shape index (κ1) is 31.0. The molecule has 2 aromatic rings. The molecule has 0 N–H and O–H groups in total. The largest absolute Gasteiger partial charge is 0.487 e. The van der Waals surface area contributed by atoms with Gasteiger partial charge in [0.25, 0.3) is 5.92 Å². The predicted molar refractivity (Wildman–Crippen MR) is 142 cm³/mol. The average Bonchev–Trinajstić information content (AvgIpc) is 2.79. The quantitative estimate of drug-likeness (QED) is 0.237. The van der Waals surface area contributed by atoms with Crippen molar-refractivity contribution in [2.45, 2.75) is 33.6 Å². The molecule has 36 heavy (non-hydrogen) atoms. The van der Waals surface area contributed by atoms with Crippen LogP contribution in [0.25, 0.3) is 0 Å². The second-order valence-electron chi connectivity index (χ2n) is 7.81. The Morgan fingerprint density at radius 1 is 1.22 bits per heavy atom. The fourth-order valence-corrected chi connectivity index (χ4v) is 2.75. The minimum Gasteiger partial charge on any atom is -0.487 e. The van der Waals surface area contributed by atoms with E-state index in [1.54, 1.807) is 45.2 Å². The molecule has 0 aliphatic carbocycles. The Labute approximate surface area is 220 Å². The van der Waals surface area contributed by atoms with Crippen molar-refractivity contribution in [2.24, 2.45) is 0 Å². The summed E-state index contributed by atoms with van der Waals surface area (Å²) in [4.78, 5) is 5.35. The molecular weight excluding hydrogens is 513 g/mol. The van der Waals surface area contributed by atoms with Gasteiger partial charge >= 0.3 is 0 Å². The Balaban J connectivity index is 0.000000402. The van der Waals surface area contributed by atoms with Crippen molar-refractivity contribution in [1.82, 2.24) is 9.88 Å². The summed E-state index contributed by atoms with van der Waals surface area (Å²) in [5.74, 6) is -2.44. The number of para-hydroxylation sites is 2. The van der Waals surface area contributed by atoms with Crippen LogP contribution in [0.2, 0.25) is 5.02 Å². The summed E-state index contributed by atoms with van der Waals surface area (Å²) in [5, 5.41) is 0.383. The Hall–Kier alpha value is -3.04. The monoisotopic (exact) mass is 542 g/mol. The topological polar surface area (TPSA) is 43.8 Å². The number of pyridine rings is 1. The summed E-state index contributed by atoms with van der Waals surface area (Å²) >= 11 is 10.9. The number of hydrogen-bond acceptors (Lipinski definition) is 6. The summed E-state index contributed by atoms with van der Waals surface area (Å²) in [7, 11) is 3.04. The molecule has 1 heterocycles. The van der Waals surface area contributed by atoms with E-state index in [4.69, 9.17) is 38.0 Å². The Morgan fingerprint density at radius 2 is 1.81 bits per heavy atom. The molecule has 0 saturated heterocycles. The maximum atomic E-state index is 13.4. The predicted octanol–water partition coefficient (Wildman–Crippen LogP) is 7.89. The van der Waals surface area contributed by atoms with E-state index < -0.39 is 11.7 Å². The van der Waals surface area contributed by atoms with E-state index in [-0.39, 0.29) is 28.9 Å². The van der Waals surface area contributed by atoms with Crippen molar-refractivity contribution in [1.29, 1.82) is 0 Å². The molecule has 10 heteroatoms. The molecule has 5 nitrogen and oxygen atoms in total. The maximum absolute atomic E-state index is 13.4. The van der Waals surface area contributed by atoms with Crippen molar-refractivity contribution in [2.75, 3.05) is 20.8 Å². The molecule has 0 atom stereocenters. The number of aryl methyl sites for hydroxylation is 1. The molecular formula is C26H30ClF3N2O3S. The fraction of sp³-hybridized carbons (Fsp3) is 0.308. The summed E-state index contributed by atoms with van der Waals surface area (Å²) in [5.41, 5.74) is 1.27. The zero-order valence-corrected chi connectivity index (χ0v) is 22.7. The van der Waals surface area contributed by atoms with Gasteiger partial charge in [-0.15, -0.1) is 0 Å². The highest BCUT2D eigenvalue weighted by Gasteiger charge is 2.30. The normalized spacial score (nSPS) is 11.1. The van der Waals surface area contributed by atoms with E-state index >= 15 is 0 Å². The Kier molecular flexibility index (Phi) is 12.0. The molecule has 2 rings (SSSR count). The average molecular weight is 543 g/mol. The lowest BCUT2D eigenvalue weighted by Crippen LogP contribution is -2.28. The van der Waals surface area contributed by atoms with Gasteiger partial charge in [0.1, 0.15) is 10.8 Å². The summed E-state index contributed by atoms with van der Waals surface area (Å²) in [6.45, 7) is 13.1. The van der Waals surface area contributed by atoms with E-state index in [9.17, 15) is 13.2 Å². The second-order valence-corrected chi connectivity index (χ2v) is 8.68. The lowest BCUT2D eigenvalue weighted by Gasteiger charge is -2.27. The highest BCUT2D eigenvalue weighted by atomic mass is 35.5. The maximum Gasteiger partial charge on any atom is 0.285 e. The third-order valence-corrected chi connectivity index (χ3v) is 5.02. The van der Waals surface area contributed by atoms with Crippen molar-refractivity contribution < 1.29 is 27.4 Å². The third-order valence-electron chi connectivity index (χ3n) is 4.47. The second kappa shape index (κ2) is 13.9. The first-order valence-corrected chi connectivity index (χ1v) is 11.4. The van der Waals surface area contributed by atoms with Crippen LogP contribution in [-0.2, 0) is 4.74 Å². The lowest BCUT2D eigenvalue weighted by molar-refractivity contribution is 0.0398. The molecule has 0 fully saturated rings. The highest BCUT2D eigenvalue weighted by molar-refractivity contribution is 7.80. The number of nitrogens with zero attached hydrogens (tertiary/aromatic N) is 2. The molecule has 0 spiro atoms. The van der Waals surface area contributed by atoms with Crippen LogP contribution < -0.4 is 9.47 Å². The first-order chi connectivity index (χ1) is 16.7. The molecule has 1 aromatic carbocycles. The van der Waals surface area contributed by atoms with Gasteiger partial charge in [0.05, 0.1) is 18.5 Å². The molecule has 0 aliphatic heterocycles. The molecule has 0 aliphatic rings. The van der Waals surface area contributed by atoms with Crippen LogP contribution in [0.15, 0.2) is 66.5 Å². The number of aromatic nitrogens is 1. The van der Waals surface area contributed by atoms with E-state index in [0.717, 1.165) is 13.0 Å². The van der Waals surface area contributed by atoms with Crippen LogP contribution in [0.1, 0.15) is 26.5 Å². The van der Waals surface area contributed by atoms with Crippen LogP contribution in [-0.4, -0.2) is 41.6 Å². The number of hydrogen-bond donors (Lipinski definition) is 0. The number of benzene rings is 1. The number of alkyl halides is 2. The zero-order valence-electron chi connectivity index (χ0n) is 21.1. The summed E-state index contributed by atoms with van der Waals surface area (Å²) in [6.07, 6.45) is 1.37. The Bertz CT molecular complexity index is 1130. The fourth-order valence-electron chi connectivity index (χ4n) is 2.52. The van der Waals surface area contributed by atoms with Gasteiger partial charge in [-0.1, -0.05) is 42.5 Å². The van der Waals surface area contributed by atoms with E-state index in [0.29, 0.717) is 27.8 Å². The van der Waals surface area contributed by atoms with Crippen LogP contribution >= 0.6 is 23.8 Å². The molecule has 0 saturated carbocycles. The van der Waals surface area contributed by atoms with Crippen LogP contribution in [0, 0.1) is 12.7 Å². The zero-order chi connectivity index (χ0) is 27.6. The van der Waals surface area contributed by atoms with Gasteiger partial charge in [-0.25, -0.2) is 18.2 Å². The lowest BCUT2D eigenvalue weighted by atomic mass is 10.1. The number of thiocarbonyl (C=S) groups is 1. The van der Waals surface area contributed by atoms with Gasteiger partial charge in [0.15, 0.2) is 23.2 Å². The SMILES string of the molecule is C=C(C)/C=C(\N(C)C(=C)C)C(C)(F)F.COC(=S)COc1ccccc1Oc1nc(C)c(F)cc1Cl. The van der Waals surface area contributed by atoms with Crippen molar-refractivity contribution in [3.8, 4) is 17.4 Å². The van der Waals surface area contributed by atoms with Crippen LogP contribution in [0.3, 0.4) is 0 Å². The molecule has 1 aromatic heterocycles. The van der Waals surface area contributed by atoms with Gasteiger partial charge in [0, 0.05) is 19.7 Å². The molecule has 196 valence electrons. The molecule has 0 unspecified atom stereocenters. The first-order valence-electron chi connectivity index (χ1n) is 10.6. The number of allylic oxidation sites excluding steroid dienone is 4. The number of methoxy groups -OCH3 is 1. The van der Waals surface area contributed by atoms with E-state index in [1.165, 1.54) is 25.0 Å². The number of ether oxygens (including phenoxy) is 3. The van der Waals surface area contributed by atoms with Gasteiger partial charge < -0.3 is 19.1 Å². The molecule has 0 amide bonds. The van der Waals surface area contributed by atoms with E-state index in [1.807, 2.05) is 0 Å². The number of halogens is 4.